The summed E-state index contributed by atoms with van der Waals surface area (Å²) in [6, 6.07) is 4.24. The second-order valence-electron chi connectivity index (χ2n) is 5.83. The van der Waals surface area contributed by atoms with Crippen LogP contribution in [0.15, 0.2) is 22.5 Å². The Balaban J connectivity index is 0.00000264. The van der Waals surface area contributed by atoms with Crippen molar-refractivity contribution in [2.45, 2.75) is 38.2 Å². The van der Waals surface area contributed by atoms with Crippen molar-refractivity contribution >= 4 is 41.3 Å². The highest BCUT2D eigenvalue weighted by molar-refractivity contribution is 14.0. The van der Waals surface area contributed by atoms with Crippen molar-refractivity contribution in [3.63, 3.8) is 0 Å². The van der Waals surface area contributed by atoms with Gasteiger partial charge in [-0.15, -0.1) is 35.3 Å². The van der Waals surface area contributed by atoms with Crippen LogP contribution >= 0.6 is 35.3 Å². The van der Waals surface area contributed by atoms with Gasteiger partial charge >= 0.3 is 0 Å². The molecule has 1 aliphatic rings. The zero-order valence-corrected chi connectivity index (χ0v) is 17.0. The van der Waals surface area contributed by atoms with Crippen molar-refractivity contribution < 1.29 is 9.84 Å². The predicted octanol–water partition coefficient (Wildman–Crippen LogP) is 2.57. The lowest BCUT2D eigenvalue weighted by molar-refractivity contribution is -0.0565. The predicted molar refractivity (Wildman–Crippen MR) is 107 cm³/mol. The van der Waals surface area contributed by atoms with E-state index in [1.807, 2.05) is 6.92 Å². The van der Waals surface area contributed by atoms with E-state index in [2.05, 4.69) is 40.1 Å². The Morgan fingerprint density at radius 2 is 2.17 bits per heavy atom. The van der Waals surface area contributed by atoms with Gasteiger partial charge in [0.15, 0.2) is 5.96 Å². The van der Waals surface area contributed by atoms with Crippen molar-refractivity contribution in [3.05, 3.63) is 22.4 Å². The Kier molecular flexibility index (Phi) is 9.41. The molecule has 1 atom stereocenters. The molecule has 0 spiro atoms. The number of guanidine groups is 1. The fourth-order valence-corrected chi connectivity index (χ4v) is 3.19. The second-order valence-corrected chi connectivity index (χ2v) is 6.81. The van der Waals surface area contributed by atoms with E-state index in [9.17, 15) is 5.11 Å². The molecule has 1 saturated heterocycles. The van der Waals surface area contributed by atoms with Crippen molar-refractivity contribution in [1.29, 1.82) is 0 Å². The van der Waals surface area contributed by atoms with Gasteiger partial charge in [0, 0.05) is 49.9 Å². The Morgan fingerprint density at radius 3 is 2.78 bits per heavy atom. The number of hydrogen-bond acceptors (Lipinski definition) is 4. The summed E-state index contributed by atoms with van der Waals surface area (Å²) in [5.74, 6) is 1.21. The minimum Gasteiger partial charge on any atom is -0.388 e. The first-order chi connectivity index (χ1) is 10.6. The molecule has 0 aliphatic carbocycles. The van der Waals surface area contributed by atoms with E-state index in [4.69, 9.17) is 4.74 Å². The first kappa shape index (κ1) is 20.7. The van der Waals surface area contributed by atoms with Gasteiger partial charge in [0.2, 0.25) is 0 Å². The maximum Gasteiger partial charge on any atom is 0.191 e. The van der Waals surface area contributed by atoms with Gasteiger partial charge in [-0.25, -0.2) is 0 Å². The third kappa shape index (κ3) is 6.94. The highest BCUT2D eigenvalue weighted by Crippen LogP contribution is 2.21. The lowest BCUT2D eigenvalue weighted by Crippen LogP contribution is -2.43. The molecule has 3 N–H and O–H groups in total. The quantitative estimate of drug-likeness (QED) is 0.352. The third-order valence-electron chi connectivity index (χ3n) is 3.90. The van der Waals surface area contributed by atoms with Gasteiger partial charge in [0.05, 0.1) is 12.1 Å². The van der Waals surface area contributed by atoms with Crippen LogP contribution in [0, 0.1) is 0 Å². The first-order valence-electron chi connectivity index (χ1n) is 7.99. The summed E-state index contributed by atoms with van der Waals surface area (Å²) in [5.41, 5.74) is -0.722. The summed E-state index contributed by atoms with van der Waals surface area (Å²) in [5, 5.41) is 19.2. The molecule has 1 aromatic rings. The topological polar surface area (TPSA) is 65.9 Å². The molecule has 0 bridgehead atoms. The average molecular weight is 453 g/mol. The van der Waals surface area contributed by atoms with Gasteiger partial charge in [-0.05, 0) is 18.4 Å². The molecule has 1 aromatic heterocycles. The van der Waals surface area contributed by atoms with Crippen LogP contribution in [0.1, 0.15) is 37.5 Å². The smallest absolute Gasteiger partial charge is 0.191 e. The van der Waals surface area contributed by atoms with Gasteiger partial charge in [-0.3, -0.25) is 4.99 Å². The van der Waals surface area contributed by atoms with Gasteiger partial charge in [-0.2, -0.15) is 0 Å². The minimum atomic E-state index is -0.722. The molecule has 1 fully saturated rings. The fourth-order valence-electron chi connectivity index (χ4n) is 2.40. The van der Waals surface area contributed by atoms with Crippen molar-refractivity contribution in [2.24, 2.45) is 4.99 Å². The van der Waals surface area contributed by atoms with Crippen LogP contribution in [0.5, 0.6) is 0 Å². The van der Waals surface area contributed by atoms with Crippen molar-refractivity contribution in [3.8, 4) is 0 Å². The van der Waals surface area contributed by atoms with Crippen LogP contribution in [0.4, 0.5) is 0 Å². The molecule has 0 aromatic carbocycles. The van der Waals surface area contributed by atoms with E-state index >= 15 is 0 Å². The lowest BCUT2D eigenvalue weighted by atomic mass is 9.95. The summed E-state index contributed by atoms with van der Waals surface area (Å²) in [6.07, 6.45) is 1.31. The number of thiophene rings is 1. The molecule has 132 valence electrons. The van der Waals surface area contributed by atoms with Gasteiger partial charge in [0.1, 0.15) is 0 Å². The van der Waals surface area contributed by atoms with Crippen molar-refractivity contribution in [2.75, 3.05) is 32.8 Å². The summed E-state index contributed by atoms with van der Waals surface area (Å²) >= 11 is 1.78. The number of aliphatic hydroxyl groups is 1. The Hall–Kier alpha value is -0.380. The second kappa shape index (κ2) is 10.5. The fraction of sp³-hybridized carbons (Fsp3) is 0.688. The molecular weight excluding hydrogens is 425 g/mol. The van der Waals surface area contributed by atoms with Gasteiger partial charge < -0.3 is 20.5 Å². The van der Waals surface area contributed by atoms with Gasteiger partial charge in [-0.1, -0.05) is 13.0 Å². The van der Waals surface area contributed by atoms with Crippen LogP contribution in [0.3, 0.4) is 0 Å². The zero-order valence-electron chi connectivity index (χ0n) is 13.9. The number of ether oxygens (including phenoxy) is 1. The Morgan fingerprint density at radius 1 is 1.43 bits per heavy atom. The minimum absolute atomic E-state index is 0. The number of rotatable bonds is 6. The maximum absolute atomic E-state index is 10.5. The highest BCUT2D eigenvalue weighted by atomic mass is 127. The first-order valence-corrected chi connectivity index (χ1v) is 8.86. The molecule has 0 radical (unpaired) electrons. The van der Waals surface area contributed by atoms with Crippen LogP contribution in [-0.4, -0.2) is 49.5 Å². The largest absolute Gasteiger partial charge is 0.388 e. The molecule has 0 saturated carbocycles. The zero-order chi connectivity index (χ0) is 15.8. The molecule has 1 aliphatic heterocycles. The molecule has 7 heteroatoms. The normalized spacial score (nSPS) is 18.8. The van der Waals surface area contributed by atoms with Crippen LogP contribution < -0.4 is 10.6 Å². The standard InChI is InChI=1S/C16H27N3O2S.HI/c1-3-17-15(18-11-13(2)14-5-4-10-22-14)19-12-16(20)6-8-21-9-7-16;/h4-5,10,13,20H,3,6-9,11-12H2,1-2H3,(H2,17,18,19);1H. The summed E-state index contributed by atoms with van der Waals surface area (Å²) < 4.78 is 5.30. The molecule has 2 rings (SSSR count). The number of aliphatic imine (C=N–C) groups is 1. The van der Waals surface area contributed by atoms with Crippen LogP contribution in [0.2, 0.25) is 0 Å². The van der Waals surface area contributed by atoms with Crippen molar-refractivity contribution in [1.82, 2.24) is 10.6 Å². The highest BCUT2D eigenvalue weighted by Gasteiger charge is 2.29. The molecule has 1 unspecified atom stereocenters. The molecule has 0 amide bonds. The van der Waals surface area contributed by atoms with E-state index < -0.39 is 5.60 Å². The van der Waals surface area contributed by atoms with E-state index in [1.165, 1.54) is 4.88 Å². The maximum atomic E-state index is 10.5. The summed E-state index contributed by atoms with van der Waals surface area (Å²) in [4.78, 5) is 5.92. The van der Waals surface area contributed by atoms with Gasteiger partial charge in [0.25, 0.3) is 0 Å². The monoisotopic (exact) mass is 453 g/mol. The Bertz CT molecular complexity index is 462. The van der Waals surface area contributed by atoms with Crippen LogP contribution in [-0.2, 0) is 4.74 Å². The Labute approximate surface area is 159 Å². The average Bonchev–Trinajstić information content (AvgIpc) is 3.05. The van der Waals surface area contributed by atoms with E-state index in [0.29, 0.717) is 38.5 Å². The summed E-state index contributed by atoms with van der Waals surface area (Å²) in [7, 11) is 0. The van der Waals surface area contributed by atoms with E-state index in [0.717, 1.165) is 19.0 Å². The summed E-state index contributed by atoms with van der Waals surface area (Å²) in [6.45, 7) is 7.53. The molecular formula is C16H28IN3O2S. The van der Waals surface area contributed by atoms with E-state index in [1.54, 1.807) is 11.3 Å². The number of nitrogens with one attached hydrogen (secondary N) is 2. The third-order valence-corrected chi connectivity index (χ3v) is 5.01. The SMILES string of the molecule is CCNC(=NCC1(O)CCOCC1)NCC(C)c1cccs1.I. The lowest BCUT2D eigenvalue weighted by Gasteiger charge is -2.30. The number of nitrogens with zero attached hydrogens (tertiary/aromatic N) is 1. The number of halogens is 1. The molecule has 2 heterocycles. The molecule has 23 heavy (non-hydrogen) atoms. The van der Waals surface area contributed by atoms with E-state index in [-0.39, 0.29) is 24.0 Å². The van der Waals surface area contributed by atoms with Crippen LogP contribution in [0.25, 0.3) is 0 Å². The number of hydrogen-bond donors (Lipinski definition) is 3. The molecule has 5 nitrogen and oxygen atoms in total.